The number of ether oxygens (including phenoxy) is 1. The van der Waals surface area contributed by atoms with Crippen LogP contribution in [0.1, 0.15) is 35.4 Å². The van der Waals surface area contributed by atoms with Gasteiger partial charge in [-0.25, -0.2) is 9.78 Å². The minimum atomic E-state index is -0.914. The molecule has 1 aromatic carbocycles. The lowest BCUT2D eigenvalue weighted by Crippen LogP contribution is -2.31. The van der Waals surface area contributed by atoms with E-state index in [9.17, 15) is 9.90 Å². The molecular weight excluding hydrogens is 306 g/mol. The molecule has 2 aliphatic rings. The van der Waals surface area contributed by atoms with Gasteiger partial charge in [0.25, 0.3) is 0 Å². The Balaban J connectivity index is 1.78. The lowest BCUT2D eigenvalue weighted by atomic mass is 10.1. The van der Waals surface area contributed by atoms with Crippen molar-refractivity contribution in [2.24, 2.45) is 0 Å². The first-order chi connectivity index (χ1) is 11.7. The fourth-order valence-corrected chi connectivity index (χ4v) is 3.28. The van der Waals surface area contributed by atoms with Gasteiger partial charge in [-0.3, -0.25) is 0 Å². The van der Waals surface area contributed by atoms with E-state index >= 15 is 0 Å². The smallest absolute Gasteiger partial charge is 0.335 e. The van der Waals surface area contributed by atoms with Gasteiger partial charge in [0.1, 0.15) is 5.82 Å². The molecule has 2 saturated heterocycles. The summed E-state index contributed by atoms with van der Waals surface area (Å²) < 4.78 is 7.69. The van der Waals surface area contributed by atoms with Crippen molar-refractivity contribution in [3.8, 4) is 0 Å². The van der Waals surface area contributed by atoms with Gasteiger partial charge in [-0.1, -0.05) is 5.57 Å². The number of hydrogen-bond donors (Lipinski definition) is 2. The lowest BCUT2D eigenvalue weighted by Gasteiger charge is -2.27. The van der Waals surface area contributed by atoms with Crippen LogP contribution in [0.4, 0.5) is 0 Å². The molecule has 0 amide bonds. The summed E-state index contributed by atoms with van der Waals surface area (Å²) in [7, 11) is 0. The number of piperidine rings is 1. The van der Waals surface area contributed by atoms with Crippen LogP contribution in [0.5, 0.6) is 0 Å². The SMILES string of the molecule is O=C(O)c1ccc2nc(C=C3CCNCC3)n(CC3CCO3)c2c1. The molecule has 3 heterocycles. The third-order valence-corrected chi connectivity index (χ3v) is 4.78. The highest BCUT2D eigenvalue weighted by Gasteiger charge is 2.22. The van der Waals surface area contributed by atoms with E-state index in [1.165, 1.54) is 5.57 Å². The summed E-state index contributed by atoms with van der Waals surface area (Å²) in [5, 5.41) is 12.6. The first-order valence-corrected chi connectivity index (χ1v) is 8.46. The fourth-order valence-electron chi connectivity index (χ4n) is 3.28. The minimum absolute atomic E-state index is 0.195. The minimum Gasteiger partial charge on any atom is -0.478 e. The van der Waals surface area contributed by atoms with E-state index in [1.807, 2.05) is 0 Å². The van der Waals surface area contributed by atoms with Gasteiger partial charge in [-0.15, -0.1) is 0 Å². The van der Waals surface area contributed by atoms with Crippen molar-refractivity contribution >= 4 is 23.1 Å². The molecule has 2 fully saturated rings. The zero-order valence-electron chi connectivity index (χ0n) is 13.5. The number of hydrogen-bond acceptors (Lipinski definition) is 4. The van der Waals surface area contributed by atoms with Gasteiger partial charge in [0.2, 0.25) is 0 Å². The molecule has 2 aromatic rings. The largest absolute Gasteiger partial charge is 0.478 e. The zero-order valence-corrected chi connectivity index (χ0v) is 13.5. The van der Waals surface area contributed by atoms with Crippen molar-refractivity contribution in [1.29, 1.82) is 0 Å². The predicted molar refractivity (Wildman–Crippen MR) is 91.1 cm³/mol. The molecule has 0 saturated carbocycles. The molecule has 6 nitrogen and oxygen atoms in total. The Bertz CT molecular complexity index is 797. The van der Waals surface area contributed by atoms with Gasteiger partial charge in [0.15, 0.2) is 0 Å². The topological polar surface area (TPSA) is 76.4 Å². The highest BCUT2D eigenvalue weighted by molar-refractivity contribution is 5.92. The second-order valence-corrected chi connectivity index (χ2v) is 6.42. The summed E-state index contributed by atoms with van der Waals surface area (Å²) in [4.78, 5) is 16.0. The average Bonchev–Trinajstić information content (AvgIpc) is 2.88. The Morgan fingerprint density at radius 2 is 2.21 bits per heavy atom. The van der Waals surface area contributed by atoms with Gasteiger partial charge >= 0.3 is 5.97 Å². The molecule has 2 N–H and O–H groups in total. The lowest BCUT2D eigenvalue weighted by molar-refractivity contribution is -0.0587. The Morgan fingerprint density at radius 1 is 1.42 bits per heavy atom. The summed E-state index contributed by atoms with van der Waals surface area (Å²) in [5.41, 5.74) is 3.38. The van der Waals surface area contributed by atoms with Crippen LogP contribution in [0.25, 0.3) is 17.1 Å². The Morgan fingerprint density at radius 3 is 2.88 bits per heavy atom. The summed E-state index contributed by atoms with van der Waals surface area (Å²) >= 11 is 0. The quantitative estimate of drug-likeness (QED) is 0.901. The molecule has 1 aromatic heterocycles. The van der Waals surface area contributed by atoms with Crippen molar-refractivity contribution in [2.45, 2.75) is 31.9 Å². The highest BCUT2D eigenvalue weighted by Crippen LogP contribution is 2.24. The molecule has 1 unspecified atom stereocenters. The Labute approximate surface area is 140 Å². The standard InChI is InChI=1S/C18H21N3O3/c22-18(23)13-1-2-15-16(10-13)21(11-14-5-8-24-14)17(20-15)9-12-3-6-19-7-4-12/h1-2,9-10,14,19H,3-8,11H2,(H,22,23). The number of fused-ring (bicyclic) bond motifs is 1. The van der Waals surface area contributed by atoms with Crippen molar-refractivity contribution in [1.82, 2.24) is 14.9 Å². The molecule has 24 heavy (non-hydrogen) atoms. The Hall–Kier alpha value is -2.18. The van der Waals surface area contributed by atoms with Crippen LogP contribution < -0.4 is 5.32 Å². The molecule has 1 atom stereocenters. The first-order valence-electron chi connectivity index (χ1n) is 8.46. The van der Waals surface area contributed by atoms with Crippen LogP contribution >= 0.6 is 0 Å². The number of nitrogens with zero attached hydrogens (tertiary/aromatic N) is 2. The fraction of sp³-hybridized carbons (Fsp3) is 0.444. The summed E-state index contributed by atoms with van der Waals surface area (Å²) in [6.45, 7) is 3.53. The van der Waals surface area contributed by atoms with Crippen LogP contribution in [-0.4, -0.2) is 46.4 Å². The van der Waals surface area contributed by atoms with E-state index in [0.717, 1.165) is 62.4 Å². The average molecular weight is 327 g/mol. The van der Waals surface area contributed by atoms with Gasteiger partial charge < -0.3 is 19.7 Å². The van der Waals surface area contributed by atoms with E-state index < -0.39 is 5.97 Å². The maximum absolute atomic E-state index is 11.3. The predicted octanol–water partition coefficient (Wildman–Crippen LogP) is 2.29. The second-order valence-electron chi connectivity index (χ2n) is 6.42. The van der Waals surface area contributed by atoms with E-state index in [-0.39, 0.29) is 6.10 Å². The normalized spacial score (nSPS) is 20.8. The van der Waals surface area contributed by atoms with Gasteiger partial charge in [0.05, 0.1) is 29.2 Å². The van der Waals surface area contributed by atoms with Crippen molar-refractivity contribution in [3.05, 3.63) is 35.2 Å². The maximum Gasteiger partial charge on any atom is 0.335 e. The number of imidazole rings is 1. The van der Waals surface area contributed by atoms with Crippen LogP contribution in [0.2, 0.25) is 0 Å². The third-order valence-electron chi connectivity index (χ3n) is 4.78. The van der Waals surface area contributed by atoms with E-state index in [2.05, 4.69) is 16.0 Å². The van der Waals surface area contributed by atoms with E-state index in [1.54, 1.807) is 18.2 Å². The zero-order chi connectivity index (χ0) is 16.5. The third kappa shape index (κ3) is 2.95. The molecular formula is C18H21N3O3. The molecule has 6 heteroatoms. The number of benzene rings is 1. The van der Waals surface area contributed by atoms with Gasteiger partial charge in [-0.2, -0.15) is 0 Å². The van der Waals surface area contributed by atoms with Crippen molar-refractivity contribution in [3.63, 3.8) is 0 Å². The van der Waals surface area contributed by atoms with Crippen LogP contribution in [0.3, 0.4) is 0 Å². The molecule has 0 aliphatic carbocycles. The van der Waals surface area contributed by atoms with Crippen LogP contribution in [-0.2, 0) is 11.3 Å². The van der Waals surface area contributed by atoms with Crippen LogP contribution in [0.15, 0.2) is 23.8 Å². The number of aromatic carboxylic acids is 1. The number of carbonyl (C=O) groups is 1. The van der Waals surface area contributed by atoms with Gasteiger partial charge in [-0.05, 0) is 56.6 Å². The molecule has 0 bridgehead atoms. The highest BCUT2D eigenvalue weighted by atomic mass is 16.5. The Kier molecular flexibility index (Phi) is 4.08. The monoisotopic (exact) mass is 327 g/mol. The summed E-state index contributed by atoms with van der Waals surface area (Å²) in [6.07, 6.45) is 5.46. The summed E-state index contributed by atoms with van der Waals surface area (Å²) in [6, 6.07) is 5.12. The van der Waals surface area contributed by atoms with Crippen LogP contribution in [0, 0.1) is 0 Å². The number of aromatic nitrogens is 2. The molecule has 4 rings (SSSR count). The van der Waals surface area contributed by atoms with E-state index in [0.29, 0.717) is 5.56 Å². The maximum atomic E-state index is 11.3. The molecule has 2 aliphatic heterocycles. The number of carboxylic acid groups (broad SMARTS) is 1. The number of rotatable bonds is 4. The van der Waals surface area contributed by atoms with Crippen molar-refractivity contribution in [2.75, 3.05) is 19.7 Å². The second kappa shape index (κ2) is 6.37. The van der Waals surface area contributed by atoms with Gasteiger partial charge in [0, 0.05) is 6.61 Å². The molecule has 0 radical (unpaired) electrons. The first kappa shape index (κ1) is 15.4. The number of carboxylic acids is 1. The van der Waals surface area contributed by atoms with E-state index in [4.69, 9.17) is 9.72 Å². The molecule has 0 spiro atoms. The van der Waals surface area contributed by atoms with Crippen molar-refractivity contribution < 1.29 is 14.6 Å². The number of nitrogens with one attached hydrogen (secondary N) is 1. The summed E-state index contributed by atoms with van der Waals surface area (Å²) in [5.74, 6) is -0.0113. The molecule has 126 valence electrons.